The molecule has 0 radical (unpaired) electrons. The molecule has 0 aliphatic carbocycles. The number of aryl methyl sites for hydroxylation is 1. The molecule has 0 fully saturated rings. The molecule has 0 saturated heterocycles. The topological polar surface area (TPSA) is 59.4 Å². The molecule has 0 aliphatic rings. The van der Waals surface area contributed by atoms with E-state index in [1.54, 1.807) is 6.07 Å². The Kier molecular flexibility index (Phi) is 7.80. The summed E-state index contributed by atoms with van der Waals surface area (Å²) in [6.45, 7) is 2.06. The lowest BCUT2D eigenvalue weighted by molar-refractivity contribution is -0.137. The average Bonchev–Trinajstić information content (AvgIpc) is 3.75. The van der Waals surface area contributed by atoms with E-state index in [4.69, 9.17) is 9.97 Å². The van der Waals surface area contributed by atoms with Gasteiger partial charge < -0.3 is 9.13 Å². The minimum atomic E-state index is -4.54. The Morgan fingerprint density at radius 2 is 0.982 bits per heavy atom. The predicted octanol–water partition coefficient (Wildman–Crippen LogP) is 12.9. The molecule has 0 saturated carbocycles. The maximum atomic E-state index is 14.2. The summed E-state index contributed by atoms with van der Waals surface area (Å²) in [5.41, 5.74) is 8.76. The zero-order valence-corrected chi connectivity index (χ0v) is 30.5. The second kappa shape index (κ2) is 13.1. The molecular weight excluding hydrogens is 716 g/mol. The maximum Gasteiger partial charge on any atom is 0.416 e. The van der Waals surface area contributed by atoms with Gasteiger partial charge in [-0.05, 0) is 67.6 Å². The number of fused-ring (bicyclic) bond motifs is 6. The van der Waals surface area contributed by atoms with Crippen LogP contribution < -0.4 is 0 Å². The van der Waals surface area contributed by atoms with E-state index in [1.165, 1.54) is 12.1 Å². The molecule has 0 aliphatic heterocycles. The van der Waals surface area contributed by atoms with Crippen LogP contribution in [0.25, 0.3) is 88.9 Å². The van der Waals surface area contributed by atoms with Gasteiger partial charge in [-0.1, -0.05) is 109 Å². The van der Waals surface area contributed by atoms with E-state index in [1.807, 2.05) is 114 Å². The second-order valence-corrected chi connectivity index (χ2v) is 14.2. The molecule has 10 aromatic rings. The van der Waals surface area contributed by atoms with Crippen molar-refractivity contribution >= 4 is 43.6 Å². The van der Waals surface area contributed by atoms with Gasteiger partial charge in [-0.3, -0.25) is 0 Å². The molecule has 3 aromatic heterocycles. The van der Waals surface area contributed by atoms with E-state index < -0.39 is 11.7 Å². The number of nitriles is 1. The molecule has 57 heavy (non-hydrogen) atoms. The molecule has 10 rings (SSSR count). The van der Waals surface area contributed by atoms with Crippen LogP contribution in [0.5, 0.6) is 0 Å². The summed E-state index contributed by atoms with van der Waals surface area (Å²) in [4.78, 5) is 10.6. The van der Waals surface area contributed by atoms with E-state index in [9.17, 15) is 18.4 Å². The van der Waals surface area contributed by atoms with Gasteiger partial charge in [0.25, 0.3) is 0 Å². The molecule has 5 nitrogen and oxygen atoms in total. The summed E-state index contributed by atoms with van der Waals surface area (Å²) in [5, 5.41) is 13.9. The van der Waals surface area contributed by atoms with Crippen LogP contribution >= 0.6 is 0 Å². The standard InChI is InChI=1S/C49H30F3N5/c1-30-20-22-43-37(24-30)35-16-8-10-18-41(35)56(43)45-25-31(29-53)26-46(57-42-19-11-9-17-36(42)38-27-34(49(50,51)52)21-23-44(38)57)47(45)48-54-39(32-12-4-2-5-13-32)28-40(55-48)33-14-6-3-7-15-33/h2-28H,1H3. The minimum absolute atomic E-state index is 0.363. The Balaban J connectivity index is 1.41. The molecule has 0 amide bonds. The van der Waals surface area contributed by atoms with Crippen LogP contribution in [0.3, 0.4) is 0 Å². The fourth-order valence-corrected chi connectivity index (χ4v) is 8.09. The lowest BCUT2D eigenvalue weighted by atomic mass is 10.0. The van der Waals surface area contributed by atoms with Crippen LogP contribution in [-0.2, 0) is 6.18 Å². The van der Waals surface area contributed by atoms with Crippen molar-refractivity contribution in [3.05, 3.63) is 180 Å². The van der Waals surface area contributed by atoms with E-state index in [-0.39, 0.29) is 0 Å². The first kappa shape index (κ1) is 34.0. The number of benzene rings is 7. The molecule has 0 bridgehead atoms. The van der Waals surface area contributed by atoms with Crippen molar-refractivity contribution in [2.75, 3.05) is 0 Å². The summed E-state index contributed by atoms with van der Waals surface area (Å²) in [6, 6.07) is 53.5. The summed E-state index contributed by atoms with van der Waals surface area (Å²) in [5.74, 6) is 0.389. The summed E-state index contributed by atoms with van der Waals surface area (Å²) in [7, 11) is 0. The first-order valence-corrected chi connectivity index (χ1v) is 18.5. The van der Waals surface area contributed by atoms with E-state index in [0.29, 0.717) is 61.5 Å². The van der Waals surface area contributed by atoms with Gasteiger partial charge in [0, 0.05) is 32.7 Å². The van der Waals surface area contributed by atoms with Gasteiger partial charge >= 0.3 is 6.18 Å². The fourth-order valence-electron chi connectivity index (χ4n) is 8.09. The summed E-state index contributed by atoms with van der Waals surface area (Å²) >= 11 is 0. The van der Waals surface area contributed by atoms with Gasteiger partial charge in [0.2, 0.25) is 0 Å². The highest BCUT2D eigenvalue weighted by Gasteiger charge is 2.32. The Morgan fingerprint density at radius 3 is 1.51 bits per heavy atom. The molecule has 7 aromatic carbocycles. The van der Waals surface area contributed by atoms with Crippen molar-refractivity contribution in [2.45, 2.75) is 13.1 Å². The lowest BCUT2D eigenvalue weighted by Crippen LogP contribution is -2.08. The van der Waals surface area contributed by atoms with Crippen molar-refractivity contribution in [3.8, 4) is 51.3 Å². The first-order chi connectivity index (χ1) is 27.8. The van der Waals surface area contributed by atoms with Gasteiger partial charge in [-0.25, -0.2) is 9.97 Å². The smallest absolute Gasteiger partial charge is 0.308 e. The number of alkyl halides is 3. The number of nitrogens with zero attached hydrogens (tertiary/aromatic N) is 5. The van der Waals surface area contributed by atoms with Crippen molar-refractivity contribution in [3.63, 3.8) is 0 Å². The van der Waals surface area contributed by atoms with Gasteiger partial charge in [0.1, 0.15) is 0 Å². The Labute approximate surface area is 325 Å². The number of rotatable bonds is 5. The third-order valence-electron chi connectivity index (χ3n) is 10.6. The van der Waals surface area contributed by atoms with Crippen molar-refractivity contribution < 1.29 is 13.2 Å². The quantitative estimate of drug-likeness (QED) is 0.176. The molecule has 272 valence electrons. The van der Waals surface area contributed by atoms with Crippen LogP contribution in [0.4, 0.5) is 13.2 Å². The van der Waals surface area contributed by atoms with E-state index >= 15 is 0 Å². The normalized spacial score (nSPS) is 11.8. The molecule has 0 unspecified atom stereocenters. The van der Waals surface area contributed by atoms with E-state index in [0.717, 1.165) is 44.6 Å². The highest BCUT2D eigenvalue weighted by molar-refractivity contribution is 6.12. The molecule has 0 N–H and O–H groups in total. The Hall–Kier alpha value is -7.50. The largest absolute Gasteiger partial charge is 0.416 e. The summed E-state index contributed by atoms with van der Waals surface area (Å²) < 4.78 is 46.7. The van der Waals surface area contributed by atoms with Gasteiger partial charge in [0.15, 0.2) is 5.82 Å². The van der Waals surface area contributed by atoms with Gasteiger partial charge in [-0.15, -0.1) is 0 Å². The number of hydrogen-bond acceptors (Lipinski definition) is 3. The number of hydrogen-bond donors (Lipinski definition) is 0. The summed E-state index contributed by atoms with van der Waals surface area (Å²) in [6.07, 6.45) is -4.54. The molecule has 0 atom stereocenters. The molecule has 3 heterocycles. The minimum Gasteiger partial charge on any atom is -0.308 e. The van der Waals surface area contributed by atoms with Crippen molar-refractivity contribution in [1.29, 1.82) is 5.26 Å². The molecule has 8 heteroatoms. The highest BCUT2D eigenvalue weighted by atomic mass is 19.4. The maximum absolute atomic E-state index is 14.2. The van der Waals surface area contributed by atoms with Crippen molar-refractivity contribution in [2.24, 2.45) is 0 Å². The zero-order chi connectivity index (χ0) is 38.8. The van der Waals surface area contributed by atoms with Crippen LogP contribution in [0.1, 0.15) is 16.7 Å². The molecule has 0 spiro atoms. The Morgan fingerprint density at radius 1 is 0.509 bits per heavy atom. The number of aromatic nitrogens is 4. The number of para-hydroxylation sites is 2. The SMILES string of the molecule is Cc1ccc2c(c1)c1ccccc1n2-c1cc(C#N)cc(-n2c3ccccc3c3cc(C(F)(F)F)ccc32)c1-c1nc(-c2ccccc2)cc(-c2ccccc2)n1. The lowest BCUT2D eigenvalue weighted by Gasteiger charge is -2.21. The first-order valence-electron chi connectivity index (χ1n) is 18.5. The van der Waals surface area contributed by atoms with Crippen LogP contribution in [-0.4, -0.2) is 19.1 Å². The highest BCUT2D eigenvalue weighted by Crippen LogP contribution is 2.44. The third-order valence-corrected chi connectivity index (χ3v) is 10.6. The van der Waals surface area contributed by atoms with E-state index in [2.05, 4.69) is 47.9 Å². The predicted molar refractivity (Wildman–Crippen MR) is 221 cm³/mol. The Bertz CT molecular complexity index is 3190. The fraction of sp³-hybridized carbons (Fsp3) is 0.0408. The molecular formula is C49H30F3N5. The van der Waals surface area contributed by atoms with Crippen LogP contribution in [0.15, 0.2) is 164 Å². The third kappa shape index (κ3) is 5.63. The average molecular weight is 746 g/mol. The van der Waals surface area contributed by atoms with Gasteiger partial charge in [-0.2, -0.15) is 18.4 Å². The number of halogens is 3. The van der Waals surface area contributed by atoms with Crippen LogP contribution in [0.2, 0.25) is 0 Å². The van der Waals surface area contributed by atoms with Crippen molar-refractivity contribution in [1.82, 2.24) is 19.1 Å². The van der Waals surface area contributed by atoms with Crippen LogP contribution in [0, 0.1) is 18.3 Å². The second-order valence-electron chi connectivity index (χ2n) is 14.2. The zero-order valence-electron chi connectivity index (χ0n) is 30.5. The van der Waals surface area contributed by atoms with Gasteiger partial charge in [0.05, 0.1) is 67.6 Å². The monoisotopic (exact) mass is 745 g/mol.